The van der Waals surface area contributed by atoms with Gasteiger partial charge in [-0.3, -0.25) is 10.1 Å². The lowest BCUT2D eigenvalue weighted by atomic mass is 10.1. The Kier molecular flexibility index (Phi) is 5.85. The maximum Gasteiger partial charge on any atom is 0.268 e. The van der Waals surface area contributed by atoms with E-state index in [1.54, 1.807) is 24.3 Å². The first-order chi connectivity index (χ1) is 11.0. The molecule has 23 heavy (non-hydrogen) atoms. The van der Waals surface area contributed by atoms with Crippen LogP contribution in [0.4, 0.5) is 5.13 Å². The van der Waals surface area contributed by atoms with Gasteiger partial charge in [-0.1, -0.05) is 48.9 Å². The number of hydrogen-bond donors (Lipinski definition) is 1. The van der Waals surface area contributed by atoms with Crippen molar-refractivity contribution in [3.05, 3.63) is 45.4 Å². The monoisotopic (exact) mass is 346 g/mol. The van der Waals surface area contributed by atoms with Crippen molar-refractivity contribution in [2.75, 3.05) is 5.32 Å². The number of carbonyl (C=O) groups excluding carboxylic acids is 1. The average Bonchev–Trinajstić information content (AvgIpc) is 2.91. The molecule has 0 saturated heterocycles. The zero-order valence-electron chi connectivity index (χ0n) is 12.7. The predicted molar refractivity (Wildman–Crippen MR) is 92.1 cm³/mol. The van der Waals surface area contributed by atoms with Crippen LogP contribution in [0.3, 0.4) is 0 Å². The fourth-order valence-corrected chi connectivity index (χ4v) is 2.96. The summed E-state index contributed by atoms with van der Waals surface area (Å²) in [6.45, 7) is 4.17. The van der Waals surface area contributed by atoms with E-state index < -0.39 is 5.91 Å². The molecule has 5 nitrogen and oxygen atoms in total. The molecule has 0 atom stereocenters. The summed E-state index contributed by atoms with van der Waals surface area (Å²) < 4.78 is 0. The topological polar surface area (TPSA) is 78.7 Å². The lowest BCUT2D eigenvalue weighted by Crippen LogP contribution is -2.13. The molecule has 0 unspecified atom stereocenters. The molecular weight excluding hydrogens is 332 g/mol. The fraction of sp³-hybridized carbons (Fsp3) is 0.250. The minimum Gasteiger partial charge on any atom is -0.296 e. The maximum absolute atomic E-state index is 12.2. The zero-order valence-corrected chi connectivity index (χ0v) is 14.3. The van der Waals surface area contributed by atoms with Gasteiger partial charge < -0.3 is 0 Å². The third-order valence-corrected chi connectivity index (χ3v) is 3.89. The lowest BCUT2D eigenvalue weighted by molar-refractivity contribution is -0.112. The minimum atomic E-state index is -0.514. The summed E-state index contributed by atoms with van der Waals surface area (Å²) in [5.74, 6) is -0.0522. The highest BCUT2D eigenvalue weighted by Gasteiger charge is 2.13. The van der Waals surface area contributed by atoms with Gasteiger partial charge in [0.1, 0.15) is 16.6 Å². The molecule has 7 heteroatoms. The average molecular weight is 347 g/mol. The third-order valence-electron chi connectivity index (χ3n) is 2.79. The standard InChI is InChI=1S/C16H15ClN4OS/c1-10(2)6-14-20-21-16(23-14)19-15(22)12(9-18)7-11-4-3-5-13(17)8-11/h3-5,7-8,10H,6H2,1-2H3,(H,19,21,22)/b12-7-. The van der Waals surface area contributed by atoms with Crippen LogP contribution in [0, 0.1) is 17.2 Å². The number of hydrogen-bond acceptors (Lipinski definition) is 5. The van der Waals surface area contributed by atoms with Crippen LogP contribution in [0.2, 0.25) is 5.02 Å². The summed E-state index contributed by atoms with van der Waals surface area (Å²) in [6, 6.07) is 8.81. The Morgan fingerprint density at radius 1 is 1.48 bits per heavy atom. The second-order valence-electron chi connectivity index (χ2n) is 5.28. The molecule has 2 rings (SSSR count). The molecule has 1 amide bonds. The fourth-order valence-electron chi connectivity index (χ4n) is 1.81. The Morgan fingerprint density at radius 2 is 2.26 bits per heavy atom. The second-order valence-corrected chi connectivity index (χ2v) is 6.78. The van der Waals surface area contributed by atoms with E-state index in [1.165, 1.54) is 17.4 Å². The predicted octanol–water partition coefficient (Wildman–Crippen LogP) is 3.94. The third kappa shape index (κ3) is 5.16. The van der Waals surface area contributed by atoms with Gasteiger partial charge in [0.25, 0.3) is 5.91 Å². The summed E-state index contributed by atoms with van der Waals surface area (Å²) in [5.41, 5.74) is 0.662. The number of halogens is 1. The van der Waals surface area contributed by atoms with Crippen LogP contribution in [-0.4, -0.2) is 16.1 Å². The first-order valence-corrected chi connectivity index (χ1v) is 8.18. The number of nitriles is 1. The van der Waals surface area contributed by atoms with Crippen LogP contribution in [0.25, 0.3) is 6.08 Å². The van der Waals surface area contributed by atoms with Gasteiger partial charge in [0, 0.05) is 11.4 Å². The van der Waals surface area contributed by atoms with Crippen LogP contribution in [0.15, 0.2) is 29.8 Å². The molecule has 0 radical (unpaired) electrons. The first kappa shape index (κ1) is 17.1. The number of nitrogens with one attached hydrogen (secondary N) is 1. The van der Waals surface area contributed by atoms with Crippen LogP contribution in [0.5, 0.6) is 0 Å². The van der Waals surface area contributed by atoms with Crippen molar-refractivity contribution in [1.29, 1.82) is 5.26 Å². The van der Waals surface area contributed by atoms with E-state index in [9.17, 15) is 10.1 Å². The second kappa shape index (κ2) is 7.86. The number of benzene rings is 1. The molecule has 0 bridgehead atoms. The minimum absolute atomic E-state index is 0.0205. The van der Waals surface area contributed by atoms with E-state index in [-0.39, 0.29) is 5.57 Å². The Hall–Kier alpha value is -2.23. The molecule has 1 heterocycles. The van der Waals surface area contributed by atoms with Crippen molar-refractivity contribution in [1.82, 2.24) is 10.2 Å². The molecule has 2 aromatic rings. The number of anilines is 1. The molecule has 0 aliphatic rings. The summed E-state index contributed by atoms with van der Waals surface area (Å²) in [4.78, 5) is 12.2. The molecule has 0 fully saturated rings. The van der Waals surface area contributed by atoms with E-state index in [0.29, 0.717) is 21.6 Å². The van der Waals surface area contributed by atoms with Crippen molar-refractivity contribution in [3.63, 3.8) is 0 Å². The van der Waals surface area contributed by atoms with Crippen molar-refractivity contribution in [2.45, 2.75) is 20.3 Å². The SMILES string of the molecule is CC(C)Cc1nnc(NC(=O)/C(C#N)=C\c2cccc(Cl)c2)s1. The van der Waals surface area contributed by atoms with Crippen LogP contribution in [0.1, 0.15) is 24.4 Å². The summed E-state index contributed by atoms with van der Waals surface area (Å²) >= 11 is 7.21. The molecular formula is C16H15ClN4OS. The maximum atomic E-state index is 12.2. The van der Waals surface area contributed by atoms with Crippen LogP contribution in [-0.2, 0) is 11.2 Å². The highest BCUT2D eigenvalue weighted by Crippen LogP contribution is 2.19. The largest absolute Gasteiger partial charge is 0.296 e. The molecule has 0 aliphatic carbocycles. The summed E-state index contributed by atoms with van der Waals surface area (Å²) in [7, 11) is 0. The Labute approximate surface area is 143 Å². The van der Waals surface area contributed by atoms with Crippen LogP contribution < -0.4 is 5.32 Å². The summed E-state index contributed by atoms with van der Waals surface area (Å²) in [6.07, 6.45) is 2.29. The van der Waals surface area contributed by atoms with Crippen molar-refractivity contribution < 1.29 is 4.79 Å². The van der Waals surface area contributed by atoms with Gasteiger partial charge in [-0.25, -0.2) is 0 Å². The quantitative estimate of drug-likeness (QED) is 0.657. The number of rotatable bonds is 5. The molecule has 0 aliphatic heterocycles. The molecule has 0 saturated carbocycles. The Morgan fingerprint density at radius 3 is 2.91 bits per heavy atom. The van der Waals surface area contributed by atoms with Gasteiger partial charge in [-0.15, -0.1) is 10.2 Å². The highest BCUT2D eigenvalue weighted by atomic mass is 35.5. The van der Waals surface area contributed by atoms with Crippen molar-refractivity contribution in [2.24, 2.45) is 5.92 Å². The van der Waals surface area contributed by atoms with E-state index in [0.717, 1.165) is 11.4 Å². The van der Waals surface area contributed by atoms with Crippen molar-refractivity contribution >= 4 is 40.1 Å². The number of carbonyl (C=O) groups is 1. The van der Waals surface area contributed by atoms with Gasteiger partial charge >= 0.3 is 0 Å². The van der Waals surface area contributed by atoms with E-state index in [4.69, 9.17) is 11.6 Å². The van der Waals surface area contributed by atoms with Gasteiger partial charge in [0.2, 0.25) is 5.13 Å². The zero-order chi connectivity index (χ0) is 16.8. The van der Waals surface area contributed by atoms with Gasteiger partial charge in [0.15, 0.2) is 0 Å². The molecule has 1 aromatic heterocycles. The smallest absolute Gasteiger partial charge is 0.268 e. The first-order valence-electron chi connectivity index (χ1n) is 6.99. The van der Waals surface area contributed by atoms with Gasteiger partial charge in [0.05, 0.1) is 0 Å². The highest BCUT2D eigenvalue weighted by molar-refractivity contribution is 7.15. The van der Waals surface area contributed by atoms with E-state index in [2.05, 4.69) is 29.4 Å². The van der Waals surface area contributed by atoms with Crippen LogP contribution >= 0.6 is 22.9 Å². The van der Waals surface area contributed by atoms with Gasteiger partial charge in [-0.05, 0) is 29.7 Å². The Bertz CT molecular complexity index is 776. The molecule has 118 valence electrons. The van der Waals surface area contributed by atoms with Crippen molar-refractivity contribution in [3.8, 4) is 6.07 Å². The van der Waals surface area contributed by atoms with E-state index >= 15 is 0 Å². The molecule has 0 spiro atoms. The molecule has 1 aromatic carbocycles. The lowest BCUT2D eigenvalue weighted by Gasteiger charge is -2.00. The molecule has 1 N–H and O–H groups in total. The normalized spacial score (nSPS) is 11.3. The van der Waals surface area contributed by atoms with Gasteiger partial charge in [-0.2, -0.15) is 5.26 Å². The number of amides is 1. The number of aromatic nitrogens is 2. The van der Waals surface area contributed by atoms with E-state index in [1.807, 2.05) is 6.07 Å². The Balaban J connectivity index is 2.11. The summed E-state index contributed by atoms with van der Waals surface area (Å²) in [5, 5.41) is 21.5. The number of nitrogens with zero attached hydrogens (tertiary/aromatic N) is 3.